The number of ether oxygens (including phenoxy) is 1. The molecule has 0 saturated heterocycles. The maximum Gasteiger partial charge on any atom is 0.213 e. The van der Waals surface area contributed by atoms with Crippen molar-refractivity contribution >= 4 is 29.9 Å². The van der Waals surface area contributed by atoms with Gasteiger partial charge >= 0.3 is 0 Å². The van der Waals surface area contributed by atoms with Crippen molar-refractivity contribution in [2.45, 2.75) is 13.1 Å². The largest absolute Gasteiger partial charge is 0.481 e. The van der Waals surface area contributed by atoms with Crippen LogP contribution in [-0.2, 0) is 20.1 Å². The van der Waals surface area contributed by atoms with Gasteiger partial charge < -0.3 is 15.4 Å². The number of methoxy groups -OCH3 is 1. The molecule has 0 atom stereocenters. The zero-order chi connectivity index (χ0) is 15.1. The van der Waals surface area contributed by atoms with Gasteiger partial charge in [-0.05, 0) is 12.1 Å². The number of aromatic nitrogens is 3. The van der Waals surface area contributed by atoms with Gasteiger partial charge in [-0.25, -0.2) is 4.98 Å². The number of hydrogen-bond acceptors (Lipinski definition) is 4. The fourth-order valence-electron chi connectivity index (χ4n) is 1.81. The van der Waals surface area contributed by atoms with E-state index in [1.165, 1.54) is 0 Å². The maximum absolute atomic E-state index is 5.10. The number of rotatable bonds is 5. The van der Waals surface area contributed by atoms with E-state index < -0.39 is 0 Å². The van der Waals surface area contributed by atoms with E-state index in [1.807, 2.05) is 36.0 Å². The highest BCUT2D eigenvalue weighted by Crippen LogP contribution is 2.06. The lowest BCUT2D eigenvalue weighted by molar-refractivity contribution is 0.396. The summed E-state index contributed by atoms with van der Waals surface area (Å²) in [4.78, 5) is 8.52. The molecule has 8 heteroatoms. The zero-order valence-electron chi connectivity index (χ0n) is 12.9. The van der Waals surface area contributed by atoms with Crippen molar-refractivity contribution in [3.05, 3.63) is 41.9 Å². The minimum absolute atomic E-state index is 0. The van der Waals surface area contributed by atoms with Crippen LogP contribution < -0.4 is 15.4 Å². The van der Waals surface area contributed by atoms with Crippen LogP contribution in [0.3, 0.4) is 0 Å². The summed E-state index contributed by atoms with van der Waals surface area (Å²) in [6.07, 6.45) is 1.77. The number of aryl methyl sites for hydroxylation is 1. The van der Waals surface area contributed by atoms with Gasteiger partial charge in [0.1, 0.15) is 0 Å². The van der Waals surface area contributed by atoms with Gasteiger partial charge in [-0.15, -0.1) is 24.0 Å². The second kappa shape index (κ2) is 9.23. The summed E-state index contributed by atoms with van der Waals surface area (Å²) >= 11 is 0. The van der Waals surface area contributed by atoms with Crippen LogP contribution in [0.25, 0.3) is 0 Å². The van der Waals surface area contributed by atoms with Crippen molar-refractivity contribution in [1.82, 2.24) is 25.4 Å². The predicted octanol–water partition coefficient (Wildman–Crippen LogP) is 1.31. The maximum atomic E-state index is 5.10. The molecular weight excluding hydrogens is 395 g/mol. The summed E-state index contributed by atoms with van der Waals surface area (Å²) in [5.41, 5.74) is 1.97. The van der Waals surface area contributed by atoms with Crippen molar-refractivity contribution in [1.29, 1.82) is 0 Å². The molecule has 2 heterocycles. The Labute approximate surface area is 147 Å². The molecule has 120 valence electrons. The Morgan fingerprint density at radius 2 is 2.05 bits per heavy atom. The summed E-state index contributed by atoms with van der Waals surface area (Å²) < 4.78 is 6.93. The zero-order valence-corrected chi connectivity index (χ0v) is 15.2. The van der Waals surface area contributed by atoms with E-state index in [9.17, 15) is 0 Å². The van der Waals surface area contributed by atoms with Crippen molar-refractivity contribution in [3.8, 4) is 5.88 Å². The molecule has 0 bridgehead atoms. The van der Waals surface area contributed by atoms with E-state index >= 15 is 0 Å². The van der Waals surface area contributed by atoms with Crippen LogP contribution in [-0.4, -0.2) is 34.9 Å². The van der Waals surface area contributed by atoms with Crippen LogP contribution in [0.1, 0.15) is 11.4 Å². The molecule has 22 heavy (non-hydrogen) atoms. The Morgan fingerprint density at radius 1 is 1.27 bits per heavy atom. The van der Waals surface area contributed by atoms with E-state index in [1.54, 1.807) is 20.4 Å². The van der Waals surface area contributed by atoms with Gasteiger partial charge in [-0.3, -0.25) is 9.67 Å². The summed E-state index contributed by atoms with van der Waals surface area (Å²) in [6.45, 7) is 1.23. The molecular formula is C14H21IN6O. The van der Waals surface area contributed by atoms with Gasteiger partial charge in [-0.1, -0.05) is 6.07 Å². The third kappa shape index (κ3) is 5.17. The van der Waals surface area contributed by atoms with Crippen molar-refractivity contribution in [2.75, 3.05) is 14.2 Å². The Balaban J connectivity index is 0.00000242. The summed E-state index contributed by atoms with van der Waals surface area (Å²) in [5, 5.41) is 10.6. The molecule has 7 nitrogen and oxygen atoms in total. The number of nitrogens with one attached hydrogen (secondary N) is 2. The first kappa shape index (κ1) is 18.2. The molecule has 0 radical (unpaired) electrons. The molecule has 0 fully saturated rings. The van der Waals surface area contributed by atoms with E-state index in [-0.39, 0.29) is 24.0 Å². The molecule has 0 aliphatic rings. The third-order valence-electron chi connectivity index (χ3n) is 3.01. The molecule has 0 saturated carbocycles. The van der Waals surface area contributed by atoms with Crippen LogP contribution in [0, 0.1) is 0 Å². The molecule has 0 aliphatic heterocycles. The van der Waals surface area contributed by atoms with Crippen molar-refractivity contribution < 1.29 is 4.74 Å². The Hall–Kier alpha value is -1.84. The van der Waals surface area contributed by atoms with E-state index in [0.717, 1.165) is 11.4 Å². The number of pyridine rings is 1. The second-order valence-electron chi connectivity index (χ2n) is 4.40. The average Bonchev–Trinajstić information content (AvgIpc) is 2.93. The summed E-state index contributed by atoms with van der Waals surface area (Å²) in [6, 6.07) is 7.63. The number of aliphatic imine (C=N–C) groups is 1. The lowest BCUT2D eigenvalue weighted by Gasteiger charge is -2.12. The van der Waals surface area contributed by atoms with Crippen LogP contribution >= 0.6 is 24.0 Å². The predicted molar refractivity (Wildman–Crippen MR) is 96.5 cm³/mol. The monoisotopic (exact) mass is 416 g/mol. The van der Waals surface area contributed by atoms with Gasteiger partial charge in [0.05, 0.1) is 31.6 Å². The molecule has 2 aromatic heterocycles. The van der Waals surface area contributed by atoms with Crippen molar-refractivity contribution in [3.63, 3.8) is 0 Å². The van der Waals surface area contributed by atoms with Gasteiger partial charge in [0.2, 0.25) is 5.88 Å². The van der Waals surface area contributed by atoms with E-state index in [0.29, 0.717) is 24.9 Å². The highest BCUT2D eigenvalue weighted by atomic mass is 127. The molecule has 0 unspecified atom stereocenters. The smallest absolute Gasteiger partial charge is 0.213 e. The Bertz CT molecular complexity index is 613. The number of nitrogens with zero attached hydrogens (tertiary/aromatic N) is 4. The number of guanidine groups is 1. The molecule has 2 N–H and O–H groups in total. The minimum atomic E-state index is 0. The van der Waals surface area contributed by atoms with Gasteiger partial charge in [-0.2, -0.15) is 5.10 Å². The lowest BCUT2D eigenvalue weighted by Crippen LogP contribution is -2.36. The lowest BCUT2D eigenvalue weighted by atomic mass is 10.3. The summed E-state index contributed by atoms with van der Waals surface area (Å²) in [7, 11) is 5.25. The minimum Gasteiger partial charge on any atom is -0.481 e. The molecule has 2 aromatic rings. The standard InChI is InChI=1S/C14H20N6O.HI/c1-15-14(17-10-12-7-8-18-20(12)2)16-9-11-5-4-6-13(19-11)21-3;/h4-8H,9-10H2,1-3H3,(H2,15,16,17);1H. The highest BCUT2D eigenvalue weighted by Gasteiger charge is 2.03. The highest BCUT2D eigenvalue weighted by molar-refractivity contribution is 14.0. The first-order valence-corrected chi connectivity index (χ1v) is 6.64. The SMILES string of the molecule is CN=C(NCc1cccc(OC)n1)NCc1ccnn1C.I. The van der Waals surface area contributed by atoms with Crippen LogP contribution in [0.4, 0.5) is 0 Å². The molecule has 2 rings (SSSR count). The van der Waals surface area contributed by atoms with Gasteiger partial charge in [0.15, 0.2) is 5.96 Å². The quantitative estimate of drug-likeness (QED) is 0.437. The first-order chi connectivity index (χ1) is 10.2. The molecule has 0 spiro atoms. The van der Waals surface area contributed by atoms with Crippen LogP contribution in [0.15, 0.2) is 35.5 Å². The average molecular weight is 416 g/mol. The Morgan fingerprint density at radius 3 is 2.68 bits per heavy atom. The van der Waals surface area contributed by atoms with Gasteiger partial charge in [0, 0.05) is 26.4 Å². The normalized spacial score (nSPS) is 10.8. The fourth-order valence-corrected chi connectivity index (χ4v) is 1.81. The Kier molecular flexibility index (Phi) is 7.64. The van der Waals surface area contributed by atoms with E-state index in [4.69, 9.17) is 4.74 Å². The molecule has 0 aromatic carbocycles. The fraction of sp³-hybridized carbons (Fsp3) is 0.357. The van der Waals surface area contributed by atoms with Gasteiger partial charge in [0.25, 0.3) is 0 Å². The first-order valence-electron chi connectivity index (χ1n) is 6.64. The third-order valence-corrected chi connectivity index (χ3v) is 3.01. The summed E-state index contributed by atoms with van der Waals surface area (Å²) in [5.74, 6) is 1.31. The van der Waals surface area contributed by atoms with Crippen LogP contribution in [0.5, 0.6) is 5.88 Å². The topological polar surface area (TPSA) is 76.4 Å². The number of halogens is 1. The number of hydrogen-bond donors (Lipinski definition) is 2. The molecule has 0 amide bonds. The second-order valence-corrected chi connectivity index (χ2v) is 4.40. The van der Waals surface area contributed by atoms with Crippen LogP contribution in [0.2, 0.25) is 0 Å². The van der Waals surface area contributed by atoms with E-state index in [2.05, 4.69) is 25.7 Å². The van der Waals surface area contributed by atoms with Crippen molar-refractivity contribution in [2.24, 2.45) is 12.0 Å². The molecule has 0 aliphatic carbocycles.